The predicted octanol–water partition coefficient (Wildman–Crippen LogP) is 3.67. The summed E-state index contributed by atoms with van der Waals surface area (Å²) in [5, 5.41) is 17.3. The summed E-state index contributed by atoms with van der Waals surface area (Å²) >= 11 is 6.47. The Balaban J connectivity index is 1.20. The van der Waals surface area contributed by atoms with Crippen LogP contribution in [0.2, 0.25) is 5.02 Å². The number of fused-ring (bicyclic) bond motifs is 3. The molecule has 2 heterocycles. The van der Waals surface area contributed by atoms with Crippen LogP contribution in [-0.2, 0) is 17.6 Å². The number of benzene rings is 1. The van der Waals surface area contributed by atoms with Gasteiger partial charge in [0.25, 0.3) is 0 Å². The number of hydrogen-bond acceptors (Lipinski definition) is 8. The van der Waals surface area contributed by atoms with Gasteiger partial charge in [0.1, 0.15) is 10.8 Å². The molecule has 1 aromatic carbocycles. The molecule has 4 aliphatic rings. The van der Waals surface area contributed by atoms with Gasteiger partial charge in [-0.15, -0.1) is 0 Å². The topological polar surface area (TPSA) is 126 Å². The Bertz CT molecular complexity index is 1270. The number of allylic oxidation sites excluding steroid dienone is 1. The van der Waals surface area contributed by atoms with Crippen molar-refractivity contribution in [1.29, 1.82) is 0 Å². The number of nitrogens with two attached hydrogens (primary N) is 1. The second kappa shape index (κ2) is 10.9. The van der Waals surface area contributed by atoms with Gasteiger partial charge in [-0.05, 0) is 80.5 Å². The maximum Gasteiger partial charge on any atom is 0.229 e. The smallest absolute Gasteiger partial charge is 0.229 e. The maximum atomic E-state index is 12.2. The Morgan fingerprint density at radius 3 is 2.82 bits per heavy atom. The highest BCUT2D eigenvalue weighted by Gasteiger charge is 2.47. The van der Waals surface area contributed by atoms with Crippen molar-refractivity contribution in [2.75, 3.05) is 30.8 Å². The minimum absolute atomic E-state index is 0.145. The van der Waals surface area contributed by atoms with Crippen LogP contribution in [0.15, 0.2) is 30.5 Å². The second-order valence-electron chi connectivity index (χ2n) is 11.4. The average molecular weight is 553 g/mol. The van der Waals surface area contributed by atoms with Crippen molar-refractivity contribution in [3.05, 3.63) is 46.6 Å². The number of anilines is 3. The van der Waals surface area contributed by atoms with E-state index in [1.165, 1.54) is 11.1 Å². The van der Waals surface area contributed by atoms with Crippen LogP contribution in [0, 0.1) is 17.8 Å². The van der Waals surface area contributed by atoms with Gasteiger partial charge < -0.3 is 26.2 Å². The number of aryl methyl sites for hydroxylation is 1. The van der Waals surface area contributed by atoms with Gasteiger partial charge >= 0.3 is 0 Å². The van der Waals surface area contributed by atoms with Crippen molar-refractivity contribution in [1.82, 2.24) is 14.9 Å². The SMILES string of the molecule is COc1c(Nc2ncc(Cl)c(N[C@H]3[C@@H](C(N)=O)[C@@H]4C=C[C@H]3C4)n2)ccc2c1CCC(N1CCCC(O)C1)CC2. The molecule has 208 valence electrons. The van der Waals surface area contributed by atoms with Crippen LogP contribution < -0.4 is 21.1 Å². The number of halogens is 1. The van der Waals surface area contributed by atoms with Crippen molar-refractivity contribution < 1.29 is 14.6 Å². The summed E-state index contributed by atoms with van der Waals surface area (Å²) in [5.74, 6) is 1.47. The van der Waals surface area contributed by atoms with Gasteiger partial charge in [-0.1, -0.05) is 29.8 Å². The summed E-state index contributed by atoms with van der Waals surface area (Å²) in [5.41, 5.74) is 9.06. The summed E-state index contributed by atoms with van der Waals surface area (Å²) in [7, 11) is 1.70. The van der Waals surface area contributed by atoms with E-state index in [9.17, 15) is 9.90 Å². The molecule has 9 nitrogen and oxygen atoms in total. The molecular formula is C29H37ClN6O3. The van der Waals surface area contributed by atoms with Crippen molar-refractivity contribution >= 4 is 35.0 Å². The highest BCUT2D eigenvalue weighted by molar-refractivity contribution is 6.32. The number of nitrogens with one attached hydrogen (secondary N) is 2. The third-order valence-electron chi connectivity index (χ3n) is 9.06. The van der Waals surface area contributed by atoms with Gasteiger partial charge in [-0.3, -0.25) is 9.69 Å². The van der Waals surface area contributed by atoms with Crippen LogP contribution in [0.1, 0.15) is 43.2 Å². The molecule has 0 spiro atoms. The van der Waals surface area contributed by atoms with E-state index in [4.69, 9.17) is 22.1 Å². The lowest BCUT2D eigenvalue weighted by Gasteiger charge is -2.36. The van der Waals surface area contributed by atoms with Crippen molar-refractivity contribution in [3.8, 4) is 5.75 Å². The molecule has 1 aromatic heterocycles. The highest BCUT2D eigenvalue weighted by atomic mass is 35.5. The number of primary amides is 1. The number of methoxy groups -OCH3 is 1. The van der Waals surface area contributed by atoms with Crippen molar-refractivity contribution in [2.24, 2.45) is 23.5 Å². The predicted molar refractivity (Wildman–Crippen MR) is 151 cm³/mol. The number of β-amino-alcohol motifs (C(OH)–C–C–N with tert-alkyl or cyclic N) is 1. The largest absolute Gasteiger partial charge is 0.494 e. The summed E-state index contributed by atoms with van der Waals surface area (Å²) in [6, 6.07) is 4.51. The van der Waals surface area contributed by atoms with Crippen LogP contribution in [0.4, 0.5) is 17.5 Å². The molecule has 1 amide bonds. The van der Waals surface area contributed by atoms with Gasteiger partial charge in [0.05, 0.1) is 31.0 Å². The molecule has 1 saturated carbocycles. The monoisotopic (exact) mass is 552 g/mol. The summed E-state index contributed by atoms with van der Waals surface area (Å²) in [6.07, 6.45) is 12.5. The molecule has 6 atom stereocenters. The lowest BCUT2D eigenvalue weighted by molar-refractivity contribution is -0.122. The Kier molecular flexibility index (Phi) is 7.39. The van der Waals surface area contributed by atoms with E-state index in [-0.39, 0.29) is 35.8 Å². The van der Waals surface area contributed by atoms with Crippen molar-refractivity contribution in [3.63, 3.8) is 0 Å². The van der Waals surface area contributed by atoms with Gasteiger partial charge in [0.15, 0.2) is 5.82 Å². The standard InChI is InChI=1S/C29H37ClN6O3/c1-39-26-21-10-9-19(36-12-2-3-20(37)15-36)8-6-16(21)7-11-23(26)33-29-32-14-22(30)28(35-29)34-25-18-5-4-17(13-18)24(25)27(31)38/h4-5,7,11,14,17-20,24-25,37H,2-3,6,8-10,12-13,15H2,1H3,(H2,31,38)(H2,32,33,34,35)/t17-,18+,19?,20?,24+,25-/m1/s1. The number of ether oxygens (including phenoxy) is 1. The van der Waals surface area contributed by atoms with Gasteiger partial charge in [0.2, 0.25) is 11.9 Å². The van der Waals surface area contributed by atoms with E-state index in [0.717, 1.165) is 69.5 Å². The zero-order valence-corrected chi connectivity index (χ0v) is 23.0. The number of nitrogens with zero attached hydrogens (tertiary/aromatic N) is 3. The lowest BCUT2D eigenvalue weighted by Crippen LogP contribution is -2.44. The number of carbonyl (C=O) groups is 1. The molecule has 3 aliphatic carbocycles. The van der Waals surface area contributed by atoms with Gasteiger partial charge in [0, 0.05) is 18.6 Å². The summed E-state index contributed by atoms with van der Waals surface area (Å²) in [6.45, 7) is 1.83. The molecule has 5 N–H and O–H groups in total. The third-order valence-corrected chi connectivity index (χ3v) is 9.34. The molecule has 2 bridgehead atoms. The van der Waals surface area contributed by atoms with E-state index < -0.39 is 0 Å². The fraction of sp³-hybridized carbons (Fsp3) is 0.552. The Hall–Kier alpha value is -2.88. The first kappa shape index (κ1) is 26.3. The van der Waals surface area contributed by atoms with E-state index >= 15 is 0 Å². The van der Waals surface area contributed by atoms with Gasteiger partial charge in [-0.2, -0.15) is 4.98 Å². The fourth-order valence-electron chi connectivity index (χ4n) is 7.18. The number of piperidine rings is 1. The van der Waals surface area contributed by atoms with Crippen molar-refractivity contribution in [2.45, 2.75) is 63.1 Å². The average Bonchev–Trinajstić information content (AvgIpc) is 3.46. The van der Waals surface area contributed by atoms with Crippen LogP contribution >= 0.6 is 11.6 Å². The summed E-state index contributed by atoms with van der Waals surface area (Å²) < 4.78 is 5.93. The molecule has 0 radical (unpaired) electrons. The minimum atomic E-state index is -0.304. The first-order valence-corrected chi connectivity index (χ1v) is 14.4. The highest BCUT2D eigenvalue weighted by Crippen LogP contribution is 2.45. The van der Waals surface area contributed by atoms with E-state index in [0.29, 0.717) is 22.8 Å². The van der Waals surface area contributed by atoms with Crippen LogP contribution in [-0.4, -0.2) is 64.3 Å². The number of carbonyl (C=O) groups excluding carboxylic acids is 1. The molecule has 1 aliphatic heterocycles. The van der Waals surface area contributed by atoms with Gasteiger partial charge in [-0.25, -0.2) is 4.98 Å². The normalized spacial score (nSPS) is 30.0. The van der Waals surface area contributed by atoms with Crippen LogP contribution in [0.25, 0.3) is 0 Å². The molecule has 2 aromatic rings. The molecule has 6 rings (SSSR count). The zero-order valence-electron chi connectivity index (χ0n) is 22.3. The van der Waals surface area contributed by atoms with E-state index in [1.54, 1.807) is 13.3 Å². The Labute approximate surface area is 234 Å². The van der Waals surface area contributed by atoms with Crippen LogP contribution in [0.3, 0.4) is 0 Å². The Morgan fingerprint density at radius 2 is 2.03 bits per heavy atom. The number of rotatable bonds is 7. The van der Waals surface area contributed by atoms with E-state index in [1.807, 2.05) is 6.07 Å². The third kappa shape index (κ3) is 5.19. The Morgan fingerprint density at radius 1 is 1.21 bits per heavy atom. The molecule has 39 heavy (non-hydrogen) atoms. The molecular weight excluding hydrogens is 516 g/mol. The maximum absolute atomic E-state index is 12.2. The number of amides is 1. The molecule has 2 unspecified atom stereocenters. The van der Waals surface area contributed by atoms with E-state index in [2.05, 4.69) is 43.7 Å². The summed E-state index contributed by atoms with van der Waals surface area (Å²) in [4.78, 5) is 23.7. The number of aromatic nitrogens is 2. The number of aliphatic hydroxyl groups is 1. The first-order valence-electron chi connectivity index (χ1n) is 14.1. The molecule has 10 heteroatoms. The minimum Gasteiger partial charge on any atom is -0.494 e. The zero-order chi connectivity index (χ0) is 27.1. The number of likely N-dealkylation sites (tertiary alicyclic amines) is 1. The first-order chi connectivity index (χ1) is 18.9. The second-order valence-corrected chi connectivity index (χ2v) is 11.8. The number of hydrogen-bond donors (Lipinski definition) is 4. The number of aliphatic hydroxyl groups excluding tert-OH is 1. The molecule has 2 fully saturated rings. The molecule has 1 saturated heterocycles. The van der Waals surface area contributed by atoms with Crippen LogP contribution in [0.5, 0.6) is 5.75 Å². The fourth-order valence-corrected chi connectivity index (χ4v) is 7.33. The lowest BCUT2D eigenvalue weighted by atomic mass is 9.88. The quantitative estimate of drug-likeness (QED) is 0.303.